The van der Waals surface area contributed by atoms with Crippen molar-refractivity contribution < 1.29 is 9.90 Å². The number of aldehydes is 1. The van der Waals surface area contributed by atoms with Gasteiger partial charge in [0, 0.05) is 31.3 Å². The predicted molar refractivity (Wildman–Crippen MR) is 70.5 cm³/mol. The van der Waals surface area contributed by atoms with Crippen molar-refractivity contribution in [2.24, 2.45) is 0 Å². The van der Waals surface area contributed by atoms with Crippen LogP contribution >= 0.6 is 0 Å². The summed E-state index contributed by atoms with van der Waals surface area (Å²) in [4.78, 5) is 12.4. The second-order valence-corrected chi connectivity index (χ2v) is 4.12. The fraction of sp³-hybridized carbons (Fsp3) is 0.500. The molecule has 0 aliphatic carbocycles. The Balaban J connectivity index is 2.40. The van der Waals surface area contributed by atoms with E-state index in [4.69, 9.17) is 0 Å². The van der Waals surface area contributed by atoms with E-state index < -0.39 is 0 Å². The average Bonchev–Trinajstić information content (AvgIpc) is 2.34. The third-order valence-electron chi connectivity index (χ3n) is 2.83. The molecule has 1 aromatic rings. The van der Waals surface area contributed by atoms with Gasteiger partial charge in [0.2, 0.25) is 0 Å². The lowest BCUT2D eigenvalue weighted by Gasteiger charge is -2.23. The zero-order valence-electron chi connectivity index (χ0n) is 10.4. The van der Waals surface area contributed by atoms with Crippen molar-refractivity contribution in [3.8, 4) is 5.75 Å². The fourth-order valence-corrected chi connectivity index (χ4v) is 1.87. The van der Waals surface area contributed by atoms with E-state index in [1.54, 1.807) is 12.1 Å². The lowest BCUT2D eigenvalue weighted by Crippen LogP contribution is -2.23. The minimum atomic E-state index is 0.307. The molecule has 0 spiro atoms. The molecule has 1 N–H and O–H groups in total. The molecule has 0 unspecified atom stereocenters. The number of hydrogen-bond donors (Lipinski definition) is 1. The number of anilines is 1. The van der Waals surface area contributed by atoms with Crippen molar-refractivity contribution in [3.63, 3.8) is 0 Å². The molecule has 0 amide bonds. The van der Waals surface area contributed by atoms with Gasteiger partial charge in [-0.25, -0.2) is 0 Å². The number of phenolic OH excluding ortho intramolecular Hbond substituents is 1. The number of unbranched alkanes of at least 4 members (excludes halogenated alkanes) is 3. The lowest BCUT2D eigenvalue weighted by atomic mass is 10.2. The summed E-state index contributed by atoms with van der Waals surface area (Å²) in [6.45, 7) is 4.01. The van der Waals surface area contributed by atoms with Crippen LogP contribution in [0.1, 0.15) is 32.6 Å². The number of rotatable bonds is 8. The molecular formula is C14H21NO2. The highest BCUT2D eigenvalue weighted by molar-refractivity contribution is 5.50. The number of carbonyl (C=O) groups excluding carboxylic acids is 1. The van der Waals surface area contributed by atoms with E-state index in [2.05, 4.69) is 11.8 Å². The molecule has 0 fully saturated rings. The Kier molecular flexibility index (Phi) is 6.15. The second-order valence-electron chi connectivity index (χ2n) is 4.12. The minimum absolute atomic E-state index is 0.307. The fourth-order valence-electron chi connectivity index (χ4n) is 1.87. The number of phenols is 1. The molecular weight excluding hydrogens is 214 g/mol. The van der Waals surface area contributed by atoms with Crippen LogP contribution in [-0.4, -0.2) is 24.5 Å². The lowest BCUT2D eigenvalue weighted by molar-refractivity contribution is -0.107. The van der Waals surface area contributed by atoms with Crippen molar-refractivity contribution >= 4 is 12.0 Å². The van der Waals surface area contributed by atoms with Crippen LogP contribution in [0.4, 0.5) is 5.69 Å². The van der Waals surface area contributed by atoms with E-state index in [1.807, 2.05) is 12.1 Å². The van der Waals surface area contributed by atoms with E-state index >= 15 is 0 Å². The Morgan fingerprint density at radius 3 is 2.76 bits per heavy atom. The van der Waals surface area contributed by atoms with Gasteiger partial charge in [-0.1, -0.05) is 12.5 Å². The van der Waals surface area contributed by atoms with Crippen LogP contribution in [0.25, 0.3) is 0 Å². The number of carbonyl (C=O) groups is 1. The maximum absolute atomic E-state index is 10.2. The summed E-state index contributed by atoms with van der Waals surface area (Å²) in [5.41, 5.74) is 1.06. The van der Waals surface area contributed by atoms with Crippen LogP contribution in [-0.2, 0) is 4.79 Å². The summed E-state index contributed by atoms with van der Waals surface area (Å²) in [7, 11) is 0. The Morgan fingerprint density at radius 1 is 1.29 bits per heavy atom. The highest BCUT2D eigenvalue weighted by Gasteiger charge is 2.04. The number of nitrogens with zero attached hydrogens (tertiary/aromatic N) is 1. The molecule has 0 aliphatic heterocycles. The van der Waals surface area contributed by atoms with Crippen molar-refractivity contribution in [1.82, 2.24) is 0 Å². The van der Waals surface area contributed by atoms with Crippen molar-refractivity contribution in [2.75, 3.05) is 18.0 Å². The van der Waals surface area contributed by atoms with Crippen LogP contribution in [0, 0.1) is 0 Å². The monoisotopic (exact) mass is 235 g/mol. The summed E-state index contributed by atoms with van der Waals surface area (Å²) >= 11 is 0. The van der Waals surface area contributed by atoms with Crippen molar-refractivity contribution in [3.05, 3.63) is 24.3 Å². The molecule has 0 aromatic heterocycles. The third kappa shape index (κ3) is 4.89. The molecule has 1 aromatic carbocycles. The first kappa shape index (κ1) is 13.6. The smallest absolute Gasteiger partial charge is 0.119 e. The molecule has 3 nitrogen and oxygen atoms in total. The normalized spacial score (nSPS) is 10.2. The Morgan fingerprint density at radius 2 is 2.12 bits per heavy atom. The Hall–Kier alpha value is -1.51. The molecule has 0 atom stereocenters. The van der Waals surface area contributed by atoms with Crippen LogP contribution in [0.3, 0.4) is 0 Å². The number of hydrogen-bond acceptors (Lipinski definition) is 3. The summed E-state index contributed by atoms with van der Waals surface area (Å²) < 4.78 is 0. The van der Waals surface area contributed by atoms with E-state index in [9.17, 15) is 9.90 Å². The molecule has 0 radical (unpaired) electrons. The molecule has 0 bridgehead atoms. The van der Waals surface area contributed by atoms with Gasteiger partial charge in [0.15, 0.2) is 0 Å². The first-order chi connectivity index (χ1) is 8.27. The minimum Gasteiger partial charge on any atom is -0.508 e. The quantitative estimate of drug-likeness (QED) is 0.556. The molecule has 17 heavy (non-hydrogen) atoms. The van der Waals surface area contributed by atoms with E-state index in [0.29, 0.717) is 12.2 Å². The molecule has 3 heteroatoms. The zero-order valence-corrected chi connectivity index (χ0v) is 10.4. The SMILES string of the molecule is CCN(CCCCCC=O)c1cccc(O)c1. The first-order valence-electron chi connectivity index (χ1n) is 6.25. The summed E-state index contributed by atoms with van der Waals surface area (Å²) in [5, 5.41) is 9.43. The standard InChI is InChI=1S/C14H21NO2/c1-2-15(10-5-3-4-6-11-16)13-8-7-9-14(17)12-13/h7-9,11-12,17H,2-6,10H2,1H3. The number of benzene rings is 1. The van der Waals surface area contributed by atoms with Gasteiger partial charge in [-0.15, -0.1) is 0 Å². The molecule has 0 heterocycles. The summed E-state index contributed by atoms with van der Waals surface area (Å²) in [6.07, 6.45) is 4.78. The van der Waals surface area contributed by atoms with E-state index in [1.165, 1.54) is 0 Å². The van der Waals surface area contributed by atoms with Gasteiger partial charge in [-0.05, 0) is 31.9 Å². The van der Waals surface area contributed by atoms with Crippen LogP contribution < -0.4 is 4.90 Å². The van der Waals surface area contributed by atoms with Crippen molar-refractivity contribution in [2.45, 2.75) is 32.6 Å². The van der Waals surface area contributed by atoms with Crippen LogP contribution in [0.2, 0.25) is 0 Å². The predicted octanol–water partition coefficient (Wildman–Crippen LogP) is 2.98. The molecule has 0 saturated heterocycles. The highest BCUT2D eigenvalue weighted by atomic mass is 16.3. The average molecular weight is 235 g/mol. The third-order valence-corrected chi connectivity index (χ3v) is 2.83. The van der Waals surface area contributed by atoms with Crippen LogP contribution in [0.15, 0.2) is 24.3 Å². The molecule has 1 rings (SSSR count). The Bertz CT molecular complexity index is 339. The molecule has 94 valence electrons. The van der Waals surface area contributed by atoms with Crippen molar-refractivity contribution in [1.29, 1.82) is 0 Å². The largest absolute Gasteiger partial charge is 0.508 e. The van der Waals surface area contributed by atoms with E-state index in [-0.39, 0.29) is 0 Å². The van der Waals surface area contributed by atoms with Gasteiger partial charge >= 0.3 is 0 Å². The molecule has 0 aliphatic rings. The summed E-state index contributed by atoms with van der Waals surface area (Å²) in [5.74, 6) is 0.307. The van der Waals surface area contributed by atoms with Gasteiger partial charge in [0.25, 0.3) is 0 Å². The second kappa shape index (κ2) is 7.71. The highest BCUT2D eigenvalue weighted by Crippen LogP contribution is 2.20. The zero-order chi connectivity index (χ0) is 12.5. The van der Waals surface area contributed by atoms with Gasteiger partial charge in [0.1, 0.15) is 12.0 Å². The maximum Gasteiger partial charge on any atom is 0.119 e. The topological polar surface area (TPSA) is 40.5 Å². The van der Waals surface area contributed by atoms with Gasteiger partial charge in [0.05, 0.1) is 0 Å². The first-order valence-corrected chi connectivity index (χ1v) is 6.25. The summed E-state index contributed by atoms with van der Waals surface area (Å²) in [6, 6.07) is 7.34. The van der Waals surface area contributed by atoms with Crippen LogP contribution in [0.5, 0.6) is 5.75 Å². The van der Waals surface area contributed by atoms with Gasteiger partial charge < -0.3 is 14.8 Å². The van der Waals surface area contributed by atoms with Gasteiger partial charge in [-0.2, -0.15) is 0 Å². The maximum atomic E-state index is 10.2. The number of aromatic hydroxyl groups is 1. The molecule has 0 saturated carbocycles. The van der Waals surface area contributed by atoms with E-state index in [0.717, 1.165) is 44.3 Å². The van der Waals surface area contributed by atoms with Gasteiger partial charge in [-0.3, -0.25) is 0 Å². The Labute approximate surface area is 103 Å².